The van der Waals surface area contributed by atoms with Gasteiger partial charge < -0.3 is 15.5 Å². The summed E-state index contributed by atoms with van der Waals surface area (Å²) in [6, 6.07) is 16.1. The van der Waals surface area contributed by atoms with Crippen molar-refractivity contribution in [3.05, 3.63) is 65.7 Å². The Morgan fingerprint density at radius 1 is 0.875 bits per heavy atom. The first kappa shape index (κ1) is 16.2. The van der Waals surface area contributed by atoms with Crippen molar-refractivity contribution in [2.45, 2.75) is 6.42 Å². The van der Waals surface area contributed by atoms with Crippen LogP contribution in [-0.4, -0.2) is 42.9 Å². The maximum atomic E-state index is 12.5. The minimum absolute atomic E-state index is 0.0413. The molecular formula is C19H21N3O2. The third-order valence-corrected chi connectivity index (χ3v) is 4.05. The molecule has 2 aromatic carbocycles. The maximum Gasteiger partial charge on any atom is 0.255 e. The highest BCUT2D eigenvalue weighted by atomic mass is 16.2. The van der Waals surface area contributed by atoms with E-state index in [1.54, 1.807) is 36.4 Å². The van der Waals surface area contributed by atoms with Gasteiger partial charge in [-0.3, -0.25) is 9.59 Å². The van der Waals surface area contributed by atoms with Crippen LogP contribution in [0, 0.1) is 0 Å². The van der Waals surface area contributed by atoms with Crippen molar-refractivity contribution in [1.82, 2.24) is 10.2 Å². The van der Waals surface area contributed by atoms with Gasteiger partial charge in [-0.05, 0) is 49.4 Å². The van der Waals surface area contributed by atoms with E-state index in [0.717, 1.165) is 32.6 Å². The molecule has 1 saturated heterocycles. The number of benzene rings is 2. The predicted molar refractivity (Wildman–Crippen MR) is 94.2 cm³/mol. The molecule has 2 N–H and O–H groups in total. The van der Waals surface area contributed by atoms with Crippen molar-refractivity contribution in [3.63, 3.8) is 0 Å². The second-order valence-corrected chi connectivity index (χ2v) is 5.79. The molecule has 5 heteroatoms. The van der Waals surface area contributed by atoms with Crippen LogP contribution >= 0.6 is 0 Å². The first-order chi connectivity index (χ1) is 11.7. The molecule has 0 atom stereocenters. The van der Waals surface area contributed by atoms with Crippen LogP contribution in [0.2, 0.25) is 0 Å². The molecule has 3 rings (SSSR count). The molecule has 1 fully saturated rings. The molecule has 0 bridgehead atoms. The summed E-state index contributed by atoms with van der Waals surface area (Å²) in [6.45, 7) is 3.29. The van der Waals surface area contributed by atoms with Crippen LogP contribution in [0.15, 0.2) is 54.6 Å². The Kier molecular flexibility index (Phi) is 5.23. The van der Waals surface area contributed by atoms with Crippen LogP contribution in [0.4, 0.5) is 5.69 Å². The molecule has 2 aromatic rings. The molecule has 0 unspecified atom stereocenters. The number of rotatable bonds is 3. The predicted octanol–water partition coefficient (Wildman–Crippen LogP) is 2.37. The molecule has 1 aliphatic rings. The summed E-state index contributed by atoms with van der Waals surface area (Å²) in [5, 5.41) is 6.13. The van der Waals surface area contributed by atoms with E-state index in [-0.39, 0.29) is 11.8 Å². The highest BCUT2D eigenvalue weighted by molar-refractivity contribution is 6.04. The van der Waals surface area contributed by atoms with Crippen molar-refractivity contribution in [3.8, 4) is 0 Å². The largest absolute Gasteiger partial charge is 0.337 e. The van der Waals surface area contributed by atoms with Crippen LogP contribution in [0.3, 0.4) is 0 Å². The van der Waals surface area contributed by atoms with Crippen LogP contribution in [0.25, 0.3) is 0 Å². The summed E-state index contributed by atoms with van der Waals surface area (Å²) >= 11 is 0. The van der Waals surface area contributed by atoms with E-state index in [2.05, 4.69) is 10.6 Å². The highest BCUT2D eigenvalue weighted by Crippen LogP contribution is 2.13. The number of nitrogens with one attached hydrogen (secondary N) is 2. The fourth-order valence-electron chi connectivity index (χ4n) is 2.72. The Bertz CT molecular complexity index is 690. The Morgan fingerprint density at radius 3 is 2.38 bits per heavy atom. The third kappa shape index (κ3) is 4.00. The lowest BCUT2D eigenvalue weighted by molar-refractivity contribution is 0.0766. The summed E-state index contributed by atoms with van der Waals surface area (Å²) in [5.74, 6) is -0.118. The van der Waals surface area contributed by atoms with Gasteiger partial charge in [0.05, 0.1) is 0 Å². The average molecular weight is 323 g/mol. The van der Waals surface area contributed by atoms with E-state index in [1.165, 1.54) is 0 Å². The Morgan fingerprint density at radius 2 is 1.62 bits per heavy atom. The van der Waals surface area contributed by atoms with E-state index in [9.17, 15) is 9.59 Å². The van der Waals surface area contributed by atoms with Crippen molar-refractivity contribution in [1.29, 1.82) is 0 Å². The van der Waals surface area contributed by atoms with Gasteiger partial charge in [-0.25, -0.2) is 0 Å². The molecule has 0 aromatic heterocycles. The number of anilines is 1. The lowest BCUT2D eigenvalue weighted by atomic mass is 10.1. The summed E-state index contributed by atoms with van der Waals surface area (Å²) in [6.07, 6.45) is 0.969. The van der Waals surface area contributed by atoms with Crippen molar-refractivity contribution < 1.29 is 9.59 Å². The number of amides is 2. The fraction of sp³-hybridized carbons (Fsp3) is 0.263. The summed E-state index contributed by atoms with van der Waals surface area (Å²) in [5.41, 5.74) is 1.93. The zero-order valence-electron chi connectivity index (χ0n) is 13.5. The topological polar surface area (TPSA) is 61.4 Å². The molecule has 0 aliphatic carbocycles. The molecule has 124 valence electrons. The SMILES string of the molecule is O=C(Nc1ccc(C(=O)N2CCCNCC2)cc1)c1ccccc1. The van der Waals surface area contributed by atoms with Crippen LogP contribution in [0.1, 0.15) is 27.1 Å². The quantitative estimate of drug-likeness (QED) is 0.911. The van der Waals surface area contributed by atoms with Crippen LogP contribution in [0.5, 0.6) is 0 Å². The Hall–Kier alpha value is -2.66. The number of carbonyl (C=O) groups is 2. The summed E-state index contributed by atoms with van der Waals surface area (Å²) in [7, 11) is 0. The Labute approximate surface area is 141 Å². The maximum absolute atomic E-state index is 12.5. The molecule has 0 radical (unpaired) electrons. The molecule has 0 spiro atoms. The number of nitrogens with zero attached hydrogens (tertiary/aromatic N) is 1. The molecule has 24 heavy (non-hydrogen) atoms. The molecule has 1 heterocycles. The highest BCUT2D eigenvalue weighted by Gasteiger charge is 2.17. The van der Waals surface area contributed by atoms with Crippen molar-refractivity contribution in [2.75, 3.05) is 31.5 Å². The van der Waals surface area contributed by atoms with Gasteiger partial charge in [-0.15, -0.1) is 0 Å². The van der Waals surface area contributed by atoms with E-state index >= 15 is 0 Å². The van der Waals surface area contributed by atoms with E-state index in [4.69, 9.17) is 0 Å². The van der Waals surface area contributed by atoms with Gasteiger partial charge >= 0.3 is 0 Å². The molecule has 2 amide bonds. The molecule has 5 nitrogen and oxygen atoms in total. The van der Waals surface area contributed by atoms with Gasteiger partial charge in [0.2, 0.25) is 0 Å². The van der Waals surface area contributed by atoms with Gasteiger partial charge in [0, 0.05) is 36.4 Å². The number of carbonyl (C=O) groups excluding carboxylic acids is 2. The van der Waals surface area contributed by atoms with E-state index in [0.29, 0.717) is 16.8 Å². The lowest BCUT2D eigenvalue weighted by Gasteiger charge is -2.20. The monoisotopic (exact) mass is 323 g/mol. The van der Waals surface area contributed by atoms with Gasteiger partial charge in [-0.1, -0.05) is 18.2 Å². The molecular weight excluding hydrogens is 302 g/mol. The van der Waals surface area contributed by atoms with Crippen molar-refractivity contribution >= 4 is 17.5 Å². The van der Waals surface area contributed by atoms with Crippen LogP contribution in [-0.2, 0) is 0 Å². The Balaban J connectivity index is 1.64. The van der Waals surface area contributed by atoms with Gasteiger partial charge in [0.15, 0.2) is 0 Å². The standard InChI is InChI=1S/C19H21N3O2/c23-18(15-5-2-1-3-6-15)21-17-9-7-16(8-10-17)19(24)22-13-4-11-20-12-14-22/h1-3,5-10,20H,4,11-14H2,(H,21,23). The summed E-state index contributed by atoms with van der Waals surface area (Å²) in [4.78, 5) is 26.5. The first-order valence-electron chi connectivity index (χ1n) is 8.20. The minimum Gasteiger partial charge on any atom is -0.337 e. The normalized spacial score (nSPS) is 14.8. The number of hydrogen-bond acceptors (Lipinski definition) is 3. The molecule has 0 saturated carbocycles. The summed E-state index contributed by atoms with van der Waals surface area (Å²) < 4.78 is 0. The van der Waals surface area contributed by atoms with Gasteiger partial charge in [0.25, 0.3) is 11.8 Å². The van der Waals surface area contributed by atoms with E-state index in [1.807, 2.05) is 23.1 Å². The lowest BCUT2D eigenvalue weighted by Crippen LogP contribution is -2.34. The zero-order valence-corrected chi connectivity index (χ0v) is 13.5. The average Bonchev–Trinajstić information content (AvgIpc) is 2.92. The zero-order chi connectivity index (χ0) is 16.8. The second kappa shape index (κ2) is 7.75. The van der Waals surface area contributed by atoms with Crippen LogP contribution < -0.4 is 10.6 Å². The van der Waals surface area contributed by atoms with E-state index < -0.39 is 0 Å². The number of hydrogen-bond donors (Lipinski definition) is 2. The minimum atomic E-state index is -0.159. The molecule has 1 aliphatic heterocycles. The van der Waals surface area contributed by atoms with Gasteiger partial charge in [-0.2, -0.15) is 0 Å². The van der Waals surface area contributed by atoms with Gasteiger partial charge in [0.1, 0.15) is 0 Å². The third-order valence-electron chi connectivity index (χ3n) is 4.05. The smallest absolute Gasteiger partial charge is 0.255 e. The fourth-order valence-corrected chi connectivity index (χ4v) is 2.72. The second-order valence-electron chi connectivity index (χ2n) is 5.79. The van der Waals surface area contributed by atoms with Crippen molar-refractivity contribution in [2.24, 2.45) is 0 Å². The first-order valence-corrected chi connectivity index (χ1v) is 8.20.